The number of thioether (sulfide) groups is 1. The summed E-state index contributed by atoms with van der Waals surface area (Å²) in [4.78, 5) is 0. The average Bonchev–Trinajstić information content (AvgIpc) is 2.60. The third-order valence-corrected chi connectivity index (χ3v) is 4.91. The molecule has 0 radical (unpaired) electrons. The van der Waals surface area contributed by atoms with Crippen molar-refractivity contribution in [1.29, 1.82) is 0 Å². The van der Waals surface area contributed by atoms with Crippen LogP contribution >= 0.6 is 11.8 Å². The molecule has 1 aliphatic rings. The number of oxime groups is 1. The monoisotopic (exact) mass is 409 g/mol. The molecule has 0 amide bonds. The van der Waals surface area contributed by atoms with E-state index in [1.54, 1.807) is 30.3 Å². The first-order chi connectivity index (χ1) is 12.2. The predicted molar refractivity (Wildman–Crippen MR) is 91.6 cm³/mol. The van der Waals surface area contributed by atoms with E-state index in [-0.39, 0.29) is 11.5 Å². The molecule has 0 saturated carbocycles. The molecule has 1 aromatic rings. The normalized spacial score (nSPS) is 30.2. The summed E-state index contributed by atoms with van der Waals surface area (Å²) in [6.07, 6.45) is -5.68. The van der Waals surface area contributed by atoms with Gasteiger partial charge >= 0.3 is 10.4 Å². The second-order valence-electron chi connectivity index (χ2n) is 5.46. The molecule has 26 heavy (non-hydrogen) atoms. The van der Waals surface area contributed by atoms with Gasteiger partial charge in [0, 0.05) is 6.42 Å². The first-order valence-corrected chi connectivity index (χ1v) is 9.69. The van der Waals surface area contributed by atoms with Crippen LogP contribution in [-0.2, 0) is 25.8 Å². The lowest BCUT2D eigenvalue weighted by molar-refractivity contribution is -0.205. The maximum absolute atomic E-state index is 10.8. The van der Waals surface area contributed by atoms with Gasteiger partial charge in [-0.1, -0.05) is 47.2 Å². The first-order valence-electron chi connectivity index (χ1n) is 7.45. The van der Waals surface area contributed by atoms with Gasteiger partial charge < -0.3 is 25.2 Å². The Morgan fingerprint density at radius 2 is 1.81 bits per heavy atom. The lowest BCUT2D eigenvalue weighted by atomic mass is 10.0. The molecule has 1 fully saturated rings. The van der Waals surface area contributed by atoms with Crippen LogP contribution in [0.2, 0.25) is 0 Å². The molecule has 10 nitrogen and oxygen atoms in total. The molecule has 0 aliphatic carbocycles. The Morgan fingerprint density at radius 3 is 2.38 bits per heavy atom. The maximum atomic E-state index is 10.8. The highest BCUT2D eigenvalue weighted by molar-refractivity contribution is 8.14. The smallest absolute Gasteiger partial charge is 0.394 e. The summed E-state index contributed by atoms with van der Waals surface area (Å²) in [6, 6.07) is 8.73. The molecular weight excluding hydrogens is 390 g/mol. The summed E-state index contributed by atoms with van der Waals surface area (Å²) in [6.45, 7) is -0.602. The number of hydrogen-bond acceptors (Lipinski definition) is 10. The lowest BCUT2D eigenvalue weighted by Crippen LogP contribution is -2.57. The van der Waals surface area contributed by atoms with Crippen molar-refractivity contribution in [3.8, 4) is 0 Å². The minimum atomic E-state index is -4.83. The topological polar surface area (TPSA) is 166 Å². The number of nitrogens with zero attached hydrogens (tertiary/aromatic N) is 1. The van der Waals surface area contributed by atoms with Crippen molar-refractivity contribution in [1.82, 2.24) is 0 Å². The van der Waals surface area contributed by atoms with Gasteiger partial charge in [-0.25, -0.2) is 4.28 Å². The highest BCUT2D eigenvalue weighted by Crippen LogP contribution is 2.30. The highest BCUT2D eigenvalue weighted by Gasteiger charge is 2.44. The second kappa shape index (κ2) is 9.10. The minimum absolute atomic E-state index is 0.0122. The van der Waals surface area contributed by atoms with Crippen LogP contribution in [0.15, 0.2) is 35.5 Å². The number of aliphatic hydroxyl groups is 4. The van der Waals surface area contributed by atoms with Crippen molar-refractivity contribution in [3.63, 3.8) is 0 Å². The molecule has 0 aromatic heterocycles. The Balaban J connectivity index is 2.19. The van der Waals surface area contributed by atoms with E-state index in [9.17, 15) is 28.8 Å². The van der Waals surface area contributed by atoms with Crippen molar-refractivity contribution >= 4 is 27.2 Å². The molecule has 1 aromatic carbocycles. The molecule has 12 heteroatoms. The fourth-order valence-electron chi connectivity index (χ4n) is 2.25. The van der Waals surface area contributed by atoms with Crippen LogP contribution in [0.3, 0.4) is 0 Å². The van der Waals surface area contributed by atoms with Gasteiger partial charge in [0.2, 0.25) is 0 Å². The van der Waals surface area contributed by atoms with Crippen LogP contribution in [-0.4, -0.2) is 74.9 Å². The predicted octanol–water partition coefficient (Wildman–Crippen LogP) is -1.10. The number of aliphatic hydroxyl groups excluding tert-OH is 4. The molecule has 2 rings (SSSR count). The van der Waals surface area contributed by atoms with Crippen LogP contribution in [0.1, 0.15) is 5.56 Å². The molecule has 0 spiro atoms. The molecule has 0 unspecified atom stereocenters. The van der Waals surface area contributed by atoms with Crippen LogP contribution in [0.25, 0.3) is 0 Å². The maximum Gasteiger partial charge on any atom is 0.466 e. The summed E-state index contributed by atoms with van der Waals surface area (Å²) in [5.41, 5.74) is -0.444. The first kappa shape index (κ1) is 21.1. The summed E-state index contributed by atoms with van der Waals surface area (Å²) in [5.74, 6) is 0. The van der Waals surface area contributed by atoms with Gasteiger partial charge in [-0.3, -0.25) is 4.55 Å². The van der Waals surface area contributed by atoms with E-state index < -0.39 is 46.9 Å². The fraction of sp³-hybridized carbons (Fsp3) is 0.500. The van der Waals surface area contributed by atoms with Gasteiger partial charge in [0.15, 0.2) is 0 Å². The zero-order valence-electron chi connectivity index (χ0n) is 13.3. The number of benzene rings is 1. The third kappa shape index (κ3) is 5.89. The molecule has 1 saturated heterocycles. The van der Waals surface area contributed by atoms with Gasteiger partial charge in [-0.15, -0.1) is 0 Å². The second-order valence-corrected chi connectivity index (χ2v) is 7.64. The van der Waals surface area contributed by atoms with Gasteiger partial charge in [0.05, 0.1) is 6.61 Å². The Bertz CT molecular complexity index is 710. The van der Waals surface area contributed by atoms with E-state index in [0.29, 0.717) is 0 Å². The number of hydrogen-bond donors (Lipinski definition) is 5. The molecule has 1 heterocycles. The van der Waals surface area contributed by atoms with E-state index in [2.05, 4.69) is 9.44 Å². The van der Waals surface area contributed by atoms with Crippen molar-refractivity contribution in [3.05, 3.63) is 35.9 Å². The Kier molecular flexibility index (Phi) is 7.37. The van der Waals surface area contributed by atoms with E-state index in [1.165, 1.54) is 0 Å². The van der Waals surface area contributed by atoms with Crippen molar-refractivity contribution < 1.29 is 42.4 Å². The minimum Gasteiger partial charge on any atom is -0.394 e. The highest BCUT2D eigenvalue weighted by atomic mass is 32.3. The summed E-state index contributed by atoms with van der Waals surface area (Å²) in [5, 5.41) is 42.2. The van der Waals surface area contributed by atoms with Crippen molar-refractivity contribution in [2.75, 3.05) is 6.61 Å². The lowest BCUT2D eigenvalue weighted by Gasteiger charge is -2.39. The molecule has 146 valence electrons. The SMILES string of the molecule is O=S(=O)(O)O/N=C(\Cc1ccccc1)S[C@@H]1O[C@@H](CO)[C@@H](O)[C@@H](O)[C@H]1O. The van der Waals surface area contributed by atoms with Crippen molar-refractivity contribution in [2.45, 2.75) is 36.3 Å². The van der Waals surface area contributed by atoms with E-state index >= 15 is 0 Å². The van der Waals surface area contributed by atoms with Crippen LogP contribution < -0.4 is 0 Å². The molecule has 5 N–H and O–H groups in total. The van der Waals surface area contributed by atoms with Gasteiger partial charge in [-0.05, 0) is 5.56 Å². The molecule has 1 aliphatic heterocycles. The fourth-order valence-corrected chi connectivity index (χ4v) is 3.58. The Labute approximate surface area is 154 Å². The zero-order valence-corrected chi connectivity index (χ0v) is 15.0. The van der Waals surface area contributed by atoms with Crippen molar-refractivity contribution in [2.24, 2.45) is 5.16 Å². The Hall–Kier alpha value is -1.25. The summed E-state index contributed by atoms with van der Waals surface area (Å²) in [7, 11) is -4.83. The standard InChI is InChI=1S/C14H19NO9S2/c16-7-9-11(17)12(18)13(19)14(23-9)25-10(15-24-26(20,21)22)6-8-4-2-1-3-5-8/h1-5,9,11-14,16-19H,6-7H2,(H,20,21,22)/b15-10+/t9-,11+,12+,13+,14-/m0/s1. The third-order valence-electron chi connectivity index (χ3n) is 3.53. The molecule has 5 atom stereocenters. The molecule has 0 bridgehead atoms. The summed E-state index contributed by atoms with van der Waals surface area (Å²) >= 11 is 0.729. The van der Waals surface area contributed by atoms with Gasteiger partial charge in [0.25, 0.3) is 0 Å². The molecular formula is C14H19NO9S2. The van der Waals surface area contributed by atoms with E-state index in [4.69, 9.17) is 9.29 Å². The Morgan fingerprint density at radius 1 is 1.15 bits per heavy atom. The largest absolute Gasteiger partial charge is 0.466 e. The number of rotatable bonds is 6. The van der Waals surface area contributed by atoms with Crippen LogP contribution in [0, 0.1) is 0 Å². The average molecular weight is 409 g/mol. The van der Waals surface area contributed by atoms with E-state index in [0.717, 1.165) is 17.3 Å². The summed E-state index contributed by atoms with van der Waals surface area (Å²) < 4.78 is 39.6. The number of ether oxygens (including phenoxy) is 1. The van der Waals surface area contributed by atoms with Gasteiger partial charge in [0.1, 0.15) is 34.9 Å². The van der Waals surface area contributed by atoms with Gasteiger partial charge in [-0.2, -0.15) is 8.42 Å². The zero-order chi connectivity index (χ0) is 19.3. The van der Waals surface area contributed by atoms with Crippen LogP contribution in [0.4, 0.5) is 0 Å². The van der Waals surface area contributed by atoms with E-state index in [1.807, 2.05) is 0 Å². The quantitative estimate of drug-likeness (QED) is 0.168. The van der Waals surface area contributed by atoms with Crippen LogP contribution in [0.5, 0.6) is 0 Å².